The number of halogens is 1. The van der Waals surface area contributed by atoms with E-state index in [1.54, 1.807) is 6.07 Å². The van der Waals surface area contributed by atoms with E-state index in [1.165, 1.54) is 6.07 Å². The molecule has 13 heavy (non-hydrogen) atoms. The van der Waals surface area contributed by atoms with Crippen LogP contribution in [-0.2, 0) is 6.54 Å². The standard InChI is InChI=1S/C10H13FN2/c1-13-6-8-7(10(13)5-12)3-2-4-9(8)11/h2-4,10H,5-6,12H2,1H3. The van der Waals surface area contributed by atoms with Gasteiger partial charge in [-0.05, 0) is 18.7 Å². The summed E-state index contributed by atoms with van der Waals surface area (Å²) in [5.74, 6) is -0.111. The van der Waals surface area contributed by atoms with Gasteiger partial charge in [0.2, 0.25) is 0 Å². The fraction of sp³-hybridized carbons (Fsp3) is 0.400. The summed E-state index contributed by atoms with van der Waals surface area (Å²) in [5, 5.41) is 0. The average molecular weight is 180 g/mol. The largest absolute Gasteiger partial charge is 0.329 e. The molecule has 1 aliphatic rings. The van der Waals surface area contributed by atoms with Crippen molar-refractivity contribution in [2.24, 2.45) is 5.73 Å². The van der Waals surface area contributed by atoms with Gasteiger partial charge in [-0.15, -0.1) is 0 Å². The van der Waals surface area contributed by atoms with Crippen LogP contribution in [0.3, 0.4) is 0 Å². The average Bonchev–Trinajstić information content (AvgIpc) is 2.43. The van der Waals surface area contributed by atoms with Crippen molar-refractivity contribution in [1.82, 2.24) is 4.90 Å². The summed E-state index contributed by atoms with van der Waals surface area (Å²) in [7, 11) is 1.97. The predicted molar refractivity (Wildman–Crippen MR) is 49.7 cm³/mol. The number of benzene rings is 1. The maximum atomic E-state index is 13.3. The minimum absolute atomic E-state index is 0.111. The van der Waals surface area contributed by atoms with Gasteiger partial charge in [0.05, 0.1) is 0 Å². The molecular weight excluding hydrogens is 167 g/mol. The number of nitrogens with two attached hydrogens (primary N) is 1. The van der Waals surface area contributed by atoms with Crippen LogP contribution in [0.5, 0.6) is 0 Å². The second-order valence-electron chi connectivity index (χ2n) is 3.47. The summed E-state index contributed by atoms with van der Waals surface area (Å²) in [4.78, 5) is 2.08. The molecule has 0 aliphatic carbocycles. The fourth-order valence-corrected chi connectivity index (χ4v) is 1.96. The van der Waals surface area contributed by atoms with Crippen LogP contribution >= 0.6 is 0 Å². The van der Waals surface area contributed by atoms with Gasteiger partial charge >= 0.3 is 0 Å². The van der Waals surface area contributed by atoms with Crippen molar-refractivity contribution in [3.05, 3.63) is 35.1 Å². The van der Waals surface area contributed by atoms with Gasteiger partial charge in [-0.25, -0.2) is 4.39 Å². The first-order valence-electron chi connectivity index (χ1n) is 4.41. The zero-order valence-electron chi connectivity index (χ0n) is 7.63. The molecule has 1 unspecified atom stereocenters. The molecule has 0 spiro atoms. The molecule has 1 heterocycles. The van der Waals surface area contributed by atoms with Crippen LogP contribution in [0.2, 0.25) is 0 Å². The summed E-state index contributed by atoms with van der Waals surface area (Å²) in [6, 6.07) is 5.40. The Bertz CT molecular complexity index is 325. The van der Waals surface area contributed by atoms with E-state index >= 15 is 0 Å². The zero-order valence-corrected chi connectivity index (χ0v) is 7.63. The Hall–Kier alpha value is -0.930. The van der Waals surface area contributed by atoms with E-state index in [4.69, 9.17) is 5.73 Å². The normalized spacial score (nSPS) is 21.9. The highest BCUT2D eigenvalue weighted by Gasteiger charge is 2.27. The monoisotopic (exact) mass is 180 g/mol. The zero-order chi connectivity index (χ0) is 9.42. The molecule has 0 radical (unpaired) electrons. The Morgan fingerprint density at radius 1 is 1.62 bits per heavy atom. The number of fused-ring (bicyclic) bond motifs is 1. The smallest absolute Gasteiger partial charge is 0.128 e. The van der Waals surface area contributed by atoms with Crippen molar-refractivity contribution in [1.29, 1.82) is 0 Å². The van der Waals surface area contributed by atoms with Gasteiger partial charge in [0, 0.05) is 24.7 Å². The van der Waals surface area contributed by atoms with E-state index < -0.39 is 0 Å². The first-order chi connectivity index (χ1) is 6.24. The second-order valence-corrected chi connectivity index (χ2v) is 3.47. The Kier molecular flexibility index (Phi) is 2.06. The van der Waals surface area contributed by atoms with Crippen molar-refractivity contribution >= 4 is 0 Å². The molecule has 2 rings (SSSR count). The number of rotatable bonds is 1. The van der Waals surface area contributed by atoms with E-state index in [0.717, 1.165) is 11.1 Å². The number of likely N-dealkylation sites (N-methyl/N-ethyl adjacent to an activating group) is 1. The summed E-state index contributed by atoms with van der Waals surface area (Å²) >= 11 is 0. The molecule has 3 heteroatoms. The number of hydrogen-bond acceptors (Lipinski definition) is 2. The molecule has 0 saturated heterocycles. The summed E-state index contributed by atoms with van der Waals surface area (Å²) < 4.78 is 13.3. The highest BCUT2D eigenvalue weighted by atomic mass is 19.1. The molecule has 1 aromatic rings. The van der Waals surface area contributed by atoms with E-state index in [-0.39, 0.29) is 11.9 Å². The predicted octanol–water partition coefficient (Wildman–Crippen LogP) is 1.27. The maximum Gasteiger partial charge on any atom is 0.128 e. The molecule has 2 N–H and O–H groups in total. The molecule has 1 atom stereocenters. The second kappa shape index (κ2) is 3.09. The Morgan fingerprint density at radius 3 is 3.08 bits per heavy atom. The first-order valence-corrected chi connectivity index (χ1v) is 4.41. The third-order valence-corrected chi connectivity index (χ3v) is 2.68. The van der Waals surface area contributed by atoms with E-state index in [1.807, 2.05) is 13.1 Å². The third kappa shape index (κ3) is 1.24. The van der Waals surface area contributed by atoms with Crippen LogP contribution in [0.15, 0.2) is 18.2 Å². The number of nitrogens with zero attached hydrogens (tertiary/aromatic N) is 1. The Balaban J connectivity index is 2.48. The van der Waals surface area contributed by atoms with Crippen LogP contribution in [-0.4, -0.2) is 18.5 Å². The molecule has 0 saturated carbocycles. The fourth-order valence-electron chi connectivity index (χ4n) is 1.96. The maximum absolute atomic E-state index is 13.3. The molecular formula is C10H13FN2. The highest BCUT2D eigenvalue weighted by Crippen LogP contribution is 2.32. The molecule has 0 aromatic heterocycles. The minimum Gasteiger partial charge on any atom is -0.329 e. The van der Waals surface area contributed by atoms with Crippen molar-refractivity contribution in [3.63, 3.8) is 0 Å². The summed E-state index contributed by atoms with van der Waals surface area (Å²) in [5.41, 5.74) is 7.48. The summed E-state index contributed by atoms with van der Waals surface area (Å²) in [6.45, 7) is 1.22. The SMILES string of the molecule is CN1Cc2c(F)cccc2C1CN. The number of hydrogen-bond donors (Lipinski definition) is 1. The van der Waals surface area contributed by atoms with Crippen LogP contribution in [0.4, 0.5) is 4.39 Å². The van der Waals surface area contributed by atoms with Crippen LogP contribution < -0.4 is 5.73 Å². The van der Waals surface area contributed by atoms with Crippen LogP contribution in [0.25, 0.3) is 0 Å². The van der Waals surface area contributed by atoms with Crippen molar-refractivity contribution in [2.45, 2.75) is 12.6 Å². The highest BCUT2D eigenvalue weighted by molar-refractivity contribution is 5.35. The van der Waals surface area contributed by atoms with Crippen LogP contribution in [0.1, 0.15) is 17.2 Å². The summed E-state index contributed by atoms with van der Waals surface area (Å²) in [6.07, 6.45) is 0. The van der Waals surface area contributed by atoms with Gasteiger partial charge in [-0.1, -0.05) is 12.1 Å². The van der Waals surface area contributed by atoms with Gasteiger partial charge in [0.15, 0.2) is 0 Å². The van der Waals surface area contributed by atoms with E-state index in [0.29, 0.717) is 13.1 Å². The molecule has 1 aromatic carbocycles. The van der Waals surface area contributed by atoms with Crippen molar-refractivity contribution < 1.29 is 4.39 Å². The first kappa shape index (κ1) is 8.66. The van der Waals surface area contributed by atoms with Gasteiger partial charge in [-0.3, -0.25) is 4.90 Å². The molecule has 1 aliphatic heterocycles. The van der Waals surface area contributed by atoms with Gasteiger partial charge in [0.1, 0.15) is 5.82 Å². The van der Waals surface area contributed by atoms with Crippen LogP contribution in [0, 0.1) is 5.82 Å². The lowest BCUT2D eigenvalue weighted by Crippen LogP contribution is -2.23. The topological polar surface area (TPSA) is 29.3 Å². The lowest BCUT2D eigenvalue weighted by molar-refractivity contribution is 0.273. The molecule has 70 valence electrons. The Morgan fingerprint density at radius 2 is 2.38 bits per heavy atom. The molecule has 0 bridgehead atoms. The lowest BCUT2D eigenvalue weighted by Gasteiger charge is -2.17. The van der Waals surface area contributed by atoms with Crippen molar-refractivity contribution in [3.8, 4) is 0 Å². The molecule has 0 fully saturated rings. The van der Waals surface area contributed by atoms with E-state index in [9.17, 15) is 4.39 Å². The quantitative estimate of drug-likeness (QED) is 0.705. The van der Waals surface area contributed by atoms with Crippen molar-refractivity contribution in [2.75, 3.05) is 13.6 Å². The minimum atomic E-state index is -0.111. The van der Waals surface area contributed by atoms with Gasteiger partial charge < -0.3 is 5.73 Å². The molecule has 2 nitrogen and oxygen atoms in total. The Labute approximate surface area is 77.2 Å². The lowest BCUT2D eigenvalue weighted by atomic mass is 10.0. The third-order valence-electron chi connectivity index (χ3n) is 2.68. The van der Waals surface area contributed by atoms with Gasteiger partial charge in [0.25, 0.3) is 0 Å². The van der Waals surface area contributed by atoms with E-state index in [2.05, 4.69) is 4.90 Å². The van der Waals surface area contributed by atoms with Gasteiger partial charge in [-0.2, -0.15) is 0 Å². The molecule has 0 amide bonds.